The fraction of sp³-hybridized carbons (Fsp3) is 0.625. The van der Waals surface area contributed by atoms with E-state index in [1.54, 1.807) is 0 Å². The molecule has 0 saturated heterocycles. The zero-order chi connectivity index (χ0) is 12.8. The Morgan fingerprint density at radius 1 is 1.17 bits per heavy atom. The van der Waals surface area contributed by atoms with Crippen LogP contribution in [0.1, 0.15) is 44.6 Å². The van der Waals surface area contributed by atoms with Crippen LogP contribution in [0.4, 0.5) is 0 Å². The van der Waals surface area contributed by atoms with E-state index in [1.165, 1.54) is 55.1 Å². The fourth-order valence-corrected chi connectivity index (χ4v) is 3.37. The van der Waals surface area contributed by atoms with Gasteiger partial charge in [0.25, 0.3) is 0 Å². The second-order valence-corrected chi connectivity index (χ2v) is 6.60. The first kappa shape index (κ1) is 14.1. The van der Waals surface area contributed by atoms with Crippen molar-refractivity contribution in [3.63, 3.8) is 0 Å². The highest BCUT2D eigenvalue weighted by Gasteiger charge is 2.33. The normalized spacial score (nSPS) is 18.1. The van der Waals surface area contributed by atoms with Crippen LogP contribution >= 0.6 is 15.9 Å². The summed E-state index contributed by atoms with van der Waals surface area (Å²) in [5, 5.41) is 3.64. The molecule has 1 fully saturated rings. The number of benzene rings is 1. The molecule has 0 spiro atoms. The van der Waals surface area contributed by atoms with E-state index in [4.69, 9.17) is 0 Å². The smallest absolute Gasteiger partial charge is 0.0175 e. The van der Waals surface area contributed by atoms with Crippen LogP contribution < -0.4 is 5.32 Å². The quantitative estimate of drug-likeness (QED) is 0.760. The minimum absolute atomic E-state index is 0.517. The first-order valence-corrected chi connectivity index (χ1v) is 7.99. The zero-order valence-corrected chi connectivity index (χ0v) is 12.9. The van der Waals surface area contributed by atoms with Gasteiger partial charge in [0, 0.05) is 11.0 Å². The highest BCUT2D eigenvalue weighted by atomic mass is 79.9. The van der Waals surface area contributed by atoms with Gasteiger partial charge in [0.05, 0.1) is 0 Å². The van der Waals surface area contributed by atoms with Gasteiger partial charge in [0.1, 0.15) is 0 Å². The Morgan fingerprint density at radius 2 is 1.83 bits per heavy atom. The Kier molecular flexibility index (Phi) is 5.25. The topological polar surface area (TPSA) is 12.0 Å². The van der Waals surface area contributed by atoms with Gasteiger partial charge in [-0.15, -0.1) is 0 Å². The van der Waals surface area contributed by atoms with Crippen molar-refractivity contribution >= 4 is 15.9 Å². The molecule has 1 aliphatic rings. The van der Waals surface area contributed by atoms with Gasteiger partial charge < -0.3 is 5.32 Å². The van der Waals surface area contributed by atoms with Gasteiger partial charge in [0.15, 0.2) is 0 Å². The molecule has 0 bridgehead atoms. The summed E-state index contributed by atoms with van der Waals surface area (Å²) in [6.07, 6.45) is 8.06. The molecule has 1 aromatic rings. The summed E-state index contributed by atoms with van der Waals surface area (Å²) in [6.45, 7) is 4.59. The standard InChI is InChI=1S/C16H24BrN/c1-2-11-18-13-16(9-3-4-10-16)12-14-5-7-15(17)8-6-14/h5-8,18H,2-4,9-13H2,1H3. The Labute approximate surface area is 119 Å². The molecule has 0 heterocycles. The summed E-state index contributed by atoms with van der Waals surface area (Å²) < 4.78 is 1.18. The van der Waals surface area contributed by atoms with E-state index in [0.29, 0.717) is 5.41 Å². The minimum atomic E-state index is 0.517. The van der Waals surface area contributed by atoms with Crippen LogP contribution in [0.15, 0.2) is 28.7 Å². The number of hydrogen-bond donors (Lipinski definition) is 1. The third-order valence-electron chi connectivity index (χ3n) is 4.08. The van der Waals surface area contributed by atoms with Gasteiger partial charge >= 0.3 is 0 Å². The molecule has 2 rings (SSSR count). The van der Waals surface area contributed by atoms with Crippen molar-refractivity contribution in [2.24, 2.45) is 5.41 Å². The number of nitrogens with one attached hydrogen (secondary N) is 1. The van der Waals surface area contributed by atoms with E-state index in [9.17, 15) is 0 Å². The highest BCUT2D eigenvalue weighted by Crippen LogP contribution is 2.40. The van der Waals surface area contributed by atoms with Crippen molar-refractivity contribution < 1.29 is 0 Å². The molecule has 0 aliphatic heterocycles. The maximum atomic E-state index is 3.64. The van der Waals surface area contributed by atoms with Gasteiger partial charge in [-0.1, -0.05) is 47.8 Å². The molecule has 0 atom stereocenters. The lowest BCUT2D eigenvalue weighted by atomic mass is 9.80. The Morgan fingerprint density at radius 3 is 2.44 bits per heavy atom. The van der Waals surface area contributed by atoms with Crippen molar-refractivity contribution in [1.82, 2.24) is 5.32 Å². The lowest BCUT2D eigenvalue weighted by Gasteiger charge is -2.29. The predicted molar refractivity (Wildman–Crippen MR) is 81.9 cm³/mol. The molecule has 1 N–H and O–H groups in total. The summed E-state index contributed by atoms with van der Waals surface area (Å²) in [6, 6.07) is 8.86. The summed E-state index contributed by atoms with van der Waals surface area (Å²) in [4.78, 5) is 0. The molecule has 100 valence electrons. The van der Waals surface area contributed by atoms with Crippen LogP contribution in [0.3, 0.4) is 0 Å². The van der Waals surface area contributed by atoms with Crippen LogP contribution in [0.5, 0.6) is 0 Å². The second-order valence-electron chi connectivity index (χ2n) is 5.69. The number of halogens is 1. The molecule has 1 saturated carbocycles. The van der Waals surface area contributed by atoms with Gasteiger partial charge in [-0.2, -0.15) is 0 Å². The molecule has 0 radical (unpaired) electrons. The predicted octanol–water partition coefficient (Wildman–Crippen LogP) is 4.55. The molecule has 18 heavy (non-hydrogen) atoms. The lowest BCUT2D eigenvalue weighted by Crippen LogP contribution is -2.34. The molecule has 0 aromatic heterocycles. The summed E-state index contributed by atoms with van der Waals surface area (Å²) in [5.74, 6) is 0. The lowest BCUT2D eigenvalue weighted by molar-refractivity contribution is 0.278. The van der Waals surface area contributed by atoms with E-state index in [1.807, 2.05) is 0 Å². The van der Waals surface area contributed by atoms with Crippen molar-refractivity contribution in [2.75, 3.05) is 13.1 Å². The molecular formula is C16H24BrN. The summed E-state index contributed by atoms with van der Waals surface area (Å²) in [7, 11) is 0. The maximum Gasteiger partial charge on any atom is 0.0175 e. The largest absolute Gasteiger partial charge is 0.316 e. The second kappa shape index (κ2) is 6.72. The van der Waals surface area contributed by atoms with E-state index < -0.39 is 0 Å². The van der Waals surface area contributed by atoms with Crippen LogP contribution in [-0.4, -0.2) is 13.1 Å². The minimum Gasteiger partial charge on any atom is -0.316 e. The average Bonchev–Trinajstić information content (AvgIpc) is 2.82. The van der Waals surface area contributed by atoms with Gasteiger partial charge in [-0.05, 0) is 55.3 Å². The third kappa shape index (κ3) is 3.83. The van der Waals surface area contributed by atoms with E-state index >= 15 is 0 Å². The number of hydrogen-bond acceptors (Lipinski definition) is 1. The van der Waals surface area contributed by atoms with Crippen LogP contribution in [0.25, 0.3) is 0 Å². The van der Waals surface area contributed by atoms with E-state index in [-0.39, 0.29) is 0 Å². The Bertz CT molecular complexity index is 352. The molecule has 1 aromatic carbocycles. The Hall–Kier alpha value is -0.340. The molecule has 2 heteroatoms. The van der Waals surface area contributed by atoms with Gasteiger partial charge in [0.2, 0.25) is 0 Å². The van der Waals surface area contributed by atoms with E-state index in [2.05, 4.69) is 52.4 Å². The van der Waals surface area contributed by atoms with Crippen molar-refractivity contribution in [3.05, 3.63) is 34.3 Å². The Balaban J connectivity index is 1.99. The van der Waals surface area contributed by atoms with Crippen molar-refractivity contribution in [3.8, 4) is 0 Å². The van der Waals surface area contributed by atoms with Crippen LogP contribution in [0.2, 0.25) is 0 Å². The van der Waals surface area contributed by atoms with Crippen molar-refractivity contribution in [1.29, 1.82) is 0 Å². The molecule has 1 nitrogen and oxygen atoms in total. The summed E-state index contributed by atoms with van der Waals surface area (Å²) >= 11 is 3.51. The first-order valence-electron chi connectivity index (χ1n) is 7.19. The van der Waals surface area contributed by atoms with Crippen molar-refractivity contribution in [2.45, 2.75) is 45.4 Å². The van der Waals surface area contributed by atoms with Crippen LogP contribution in [0, 0.1) is 5.41 Å². The van der Waals surface area contributed by atoms with Crippen LogP contribution in [-0.2, 0) is 6.42 Å². The summed E-state index contributed by atoms with van der Waals surface area (Å²) in [5.41, 5.74) is 2.00. The molecular weight excluding hydrogens is 286 g/mol. The van der Waals surface area contributed by atoms with Gasteiger partial charge in [-0.25, -0.2) is 0 Å². The highest BCUT2D eigenvalue weighted by molar-refractivity contribution is 9.10. The third-order valence-corrected chi connectivity index (χ3v) is 4.61. The maximum absolute atomic E-state index is 3.64. The van der Waals surface area contributed by atoms with Gasteiger partial charge in [-0.3, -0.25) is 0 Å². The number of rotatable bonds is 6. The first-order chi connectivity index (χ1) is 8.74. The monoisotopic (exact) mass is 309 g/mol. The zero-order valence-electron chi connectivity index (χ0n) is 11.3. The molecule has 1 aliphatic carbocycles. The fourth-order valence-electron chi connectivity index (χ4n) is 3.11. The van der Waals surface area contributed by atoms with E-state index in [0.717, 1.165) is 6.54 Å². The average molecular weight is 310 g/mol. The molecule has 0 amide bonds. The SMILES string of the molecule is CCCNCC1(Cc2ccc(Br)cc2)CCCC1. The molecule has 0 unspecified atom stereocenters.